The molecule has 0 aromatic heterocycles. The summed E-state index contributed by atoms with van der Waals surface area (Å²) in [7, 11) is 0. The maximum absolute atomic E-state index is 12.8. The van der Waals surface area contributed by atoms with Crippen LogP contribution in [0.5, 0.6) is 5.75 Å². The standard InChI is InChI=1S/C9H11FN2O2/c1-2-14-8-4-3-6(10)5-7(8)9(11)12-13/h3-5,13H,2H2,1H3,(H2,11,12). The summed E-state index contributed by atoms with van der Waals surface area (Å²) in [5.74, 6) is -0.243. The molecule has 0 aliphatic rings. The number of amidine groups is 1. The molecule has 0 saturated carbocycles. The molecule has 1 rings (SSSR count). The van der Waals surface area contributed by atoms with Crippen molar-refractivity contribution in [1.29, 1.82) is 0 Å². The van der Waals surface area contributed by atoms with Crippen LogP contribution in [0.1, 0.15) is 12.5 Å². The minimum absolute atomic E-state index is 0.173. The molecule has 14 heavy (non-hydrogen) atoms. The van der Waals surface area contributed by atoms with E-state index >= 15 is 0 Å². The first kappa shape index (κ1) is 10.3. The van der Waals surface area contributed by atoms with Gasteiger partial charge in [-0.1, -0.05) is 5.16 Å². The van der Waals surface area contributed by atoms with Crippen LogP contribution < -0.4 is 10.5 Å². The molecule has 0 unspecified atom stereocenters. The average Bonchev–Trinajstić information content (AvgIpc) is 2.20. The molecule has 76 valence electrons. The molecule has 1 aromatic rings. The van der Waals surface area contributed by atoms with Gasteiger partial charge in [0.1, 0.15) is 11.6 Å². The summed E-state index contributed by atoms with van der Waals surface area (Å²) in [6.07, 6.45) is 0. The fourth-order valence-corrected chi connectivity index (χ4v) is 1.04. The summed E-state index contributed by atoms with van der Waals surface area (Å²) in [5.41, 5.74) is 5.59. The molecular weight excluding hydrogens is 187 g/mol. The number of ether oxygens (including phenoxy) is 1. The minimum Gasteiger partial charge on any atom is -0.493 e. The third kappa shape index (κ3) is 2.12. The molecule has 1 aromatic carbocycles. The van der Waals surface area contributed by atoms with Crippen LogP contribution in [0.4, 0.5) is 4.39 Å². The molecular formula is C9H11FN2O2. The first-order chi connectivity index (χ1) is 6.69. The highest BCUT2D eigenvalue weighted by atomic mass is 19.1. The third-order valence-electron chi connectivity index (χ3n) is 1.63. The van der Waals surface area contributed by atoms with E-state index in [1.807, 2.05) is 0 Å². The van der Waals surface area contributed by atoms with Crippen molar-refractivity contribution in [3.8, 4) is 5.75 Å². The lowest BCUT2D eigenvalue weighted by Crippen LogP contribution is -2.15. The average molecular weight is 198 g/mol. The van der Waals surface area contributed by atoms with Crippen molar-refractivity contribution in [3.05, 3.63) is 29.6 Å². The quantitative estimate of drug-likeness (QED) is 0.333. The van der Waals surface area contributed by atoms with Gasteiger partial charge in [-0.05, 0) is 25.1 Å². The highest BCUT2D eigenvalue weighted by molar-refractivity contribution is 5.99. The smallest absolute Gasteiger partial charge is 0.173 e. The maximum atomic E-state index is 12.8. The van der Waals surface area contributed by atoms with E-state index < -0.39 is 5.82 Å². The Balaban J connectivity index is 3.15. The SMILES string of the molecule is CCOc1ccc(F)cc1C(N)=NO. The fourth-order valence-electron chi connectivity index (χ4n) is 1.04. The van der Waals surface area contributed by atoms with E-state index in [0.717, 1.165) is 6.07 Å². The van der Waals surface area contributed by atoms with Gasteiger partial charge in [0.25, 0.3) is 0 Å². The molecule has 0 spiro atoms. The van der Waals surface area contributed by atoms with Gasteiger partial charge in [0, 0.05) is 0 Å². The zero-order valence-electron chi connectivity index (χ0n) is 7.70. The van der Waals surface area contributed by atoms with E-state index in [-0.39, 0.29) is 11.4 Å². The Bertz CT molecular complexity index is 353. The molecule has 0 heterocycles. The molecule has 4 nitrogen and oxygen atoms in total. The second-order valence-electron chi connectivity index (χ2n) is 2.56. The van der Waals surface area contributed by atoms with Crippen molar-refractivity contribution in [2.24, 2.45) is 10.9 Å². The van der Waals surface area contributed by atoms with Gasteiger partial charge in [0.05, 0.1) is 12.2 Å². The Morgan fingerprint density at radius 1 is 1.64 bits per heavy atom. The zero-order valence-corrected chi connectivity index (χ0v) is 7.70. The van der Waals surface area contributed by atoms with Crippen molar-refractivity contribution in [1.82, 2.24) is 0 Å². The molecule has 5 heteroatoms. The topological polar surface area (TPSA) is 67.8 Å². The number of nitrogens with zero attached hydrogens (tertiary/aromatic N) is 1. The van der Waals surface area contributed by atoms with E-state index in [0.29, 0.717) is 12.4 Å². The predicted molar refractivity (Wildman–Crippen MR) is 50.1 cm³/mol. The Hall–Kier alpha value is -1.78. The van der Waals surface area contributed by atoms with E-state index in [2.05, 4.69) is 5.16 Å². The summed E-state index contributed by atoms with van der Waals surface area (Å²) in [4.78, 5) is 0. The van der Waals surface area contributed by atoms with Crippen molar-refractivity contribution in [2.75, 3.05) is 6.61 Å². The lowest BCUT2D eigenvalue weighted by atomic mass is 10.2. The Kier molecular flexibility index (Phi) is 3.28. The highest BCUT2D eigenvalue weighted by Gasteiger charge is 2.09. The first-order valence-electron chi connectivity index (χ1n) is 4.09. The van der Waals surface area contributed by atoms with E-state index in [1.165, 1.54) is 12.1 Å². The second-order valence-corrected chi connectivity index (χ2v) is 2.56. The fraction of sp³-hybridized carbons (Fsp3) is 0.222. The van der Waals surface area contributed by atoms with Crippen molar-refractivity contribution in [2.45, 2.75) is 6.92 Å². The number of hydrogen-bond donors (Lipinski definition) is 2. The molecule has 0 amide bonds. The molecule has 0 aliphatic heterocycles. The van der Waals surface area contributed by atoms with Gasteiger partial charge in [0.15, 0.2) is 5.84 Å². The van der Waals surface area contributed by atoms with Crippen LogP contribution in [0.25, 0.3) is 0 Å². The number of halogens is 1. The van der Waals surface area contributed by atoms with Gasteiger partial charge in [-0.25, -0.2) is 4.39 Å². The monoisotopic (exact) mass is 198 g/mol. The van der Waals surface area contributed by atoms with Gasteiger partial charge < -0.3 is 15.7 Å². The number of nitrogens with two attached hydrogens (primary N) is 1. The van der Waals surface area contributed by atoms with Gasteiger partial charge in [-0.3, -0.25) is 0 Å². The largest absolute Gasteiger partial charge is 0.493 e. The number of hydrogen-bond acceptors (Lipinski definition) is 3. The van der Waals surface area contributed by atoms with Crippen LogP contribution in [0.15, 0.2) is 23.4 Å². The van der Waals surface area contributed by atoms with Gasteiger partial charge >= 0.3 is 0 Å². The second kappa shape index (κ2) is 4.45. The van der Waals surface area contributed by atoms with Crippen LogP contribution >= 0.6 is 0 Å². The first-order valence-corrected chi connectivity index (χ1v) is 4.09. The van der Waals surface area contributed by atoms with Gasteiger partial charge in [0.2, 0.25) is 0 Å². The van der Waals surface area contributed by atoms with Crippen LogP contribution in [-0.4, -0.2) is 17.6 Å². The number of benzene rings is 1. The highest BCUT2D eigenvalue weighted by Crippen LogP contribution is 2.19. The molecule has 3 N–H and O–H groups in total. The minimum atomic E-state index is -0.463. The Morgan fingerprint density at radius 3 is 2.93 bits per heavy atom. The molecule has 0 atom stereocenters. The van der Waals surface area contributed by atoms with Crippen molar-refractivity contribution in [3.63, 3.8) is 0 Å². The van der Waals surface area contributed by atoms with Gasteiger partial charge in [-0.2, -0.15) is 0 Å². The summed E-state index contributed by atoms with van der Waals surface area (Å²) in [5, 5.41) is 11.2. The summed E-state index contributed by atoms with van der Waals surface area (Å²) in [6, 6.07) is 3.84. The van der Waals surface area contributed by atoms with E-state index in [4.69, 9.17) is 15.7 Å². The van der Waals surface area contributed by atoms with Crippen molar-refractivity contribution < 1.29 is 14.3 Å². The summed E-state index contributed by atoms with van der Waals surface area (Å²) >= 11 is 0. The lowest BCUT2D eigenvalue weighted by Gasteiger charge is -2.08. The Morgan fingerprint density at radius 2 is 2.36 bits per heavy atom. The molecule has 0 bridgehead atoms. The summed E-state index contributed by atoms with van der Waals surface area (Å²) < 4.78 is 18.0. The molecule has 0 aliphatic carbocycles. The lowest BCUT2D eigenvalue weighted by molar-refractivity contribution is 0.317. The molecule has 0 radical (unpaired) electrons. The Labute approximate surface area is 80.8 Å². The molecule has 0 saturated heterocycles. The zero-order chi connectivity index (χ0) is 10.6. The van der Waals surface area contributed by atoms with E-state index in [1.54, 1.807) is 6.92 Å². The van der Waals surface area contributed by atoms with Gasteiger partial charge in [-0.15, -0.1) is 0 Å². The van der Waals surface area contributed by atoms with Crippen molar-refractivity contribution >= 4 is 5.84 Å². The molecule has 0 fully saturated rings. The van der Waals surface area contributed by atoms with Crippen LogP contribution in [0.2, 0.25) is 0 Å². The van der Waals surface area contributed by atoms with Crippen LogP contribution in [0, 0.1) is 5.82 Å². The number of oxime groups is 1. The maximum Gasteiger partial charge on any atom is 0.173 e. The third-order valence-corrected chi connectivity index (χ3v) is 1.63. The normalized spacial score (nSPS) is 11.4. The number of rotatable bonds is 3. The summed E-state index contributed by atoms with van der Waals surface area (Å²) in [6.45, 7) is 2.22. The predicted octanol–water partition coefficient (Wildman–Crippen LogP) is 1.32. The van der Waals surface area contributed by atoms with E-state index in [9.17, 15) is 4.39 Å². The van der Waals surface area contributed by atoms with Crippen LogP contribution in [-0.2, 0) is 0 Å². The van der Waals surface area contributed by atoms with Crippen LogP contribution in [0.3, 0.4) is 0 Å².